The molecule has 2 saturated heterocycles. The molecule has 2 heterocycles. The Balaban J connectivity index is 1.60. The van der Waals surface area contributed by atoms with Crippen LogP contribution in [0.25, 0.3) is 0 Å². The molecule has 0 radical (unpaired) electrons. The molecule has 1 N–H and O–H groups in total. The zero-order valence-corrected chi connectivity index (χ0v) is 15.0. The third kappa shape index (κ3) is 3.89. The van der Waals surface area contributed by atoms with E-state index in [9.17, 15) is 18.0 Å². The van der Waals surface area contributed by atoms with Crippen molar-refractivity contribution in [3.63, 3.8) is 0 Å². The standard InChI is InChI=1S/C15H25N3O5S/c1-16-14(20)12-6-23-15(8-17(12)5-11-3-4-11)9-18(10-15)13(19)7-24(2,21)22/h11-12H,3-10H2,1-2H3,(H,16,20)/t12-/m0/s1. The van der Waals surface area contributed by atoms with E-state index in [2.05, 4.69) is 10.2 Å². The summed E-state index contributed by atoms with van der Waals surface area (Å²) < 4.78 is 28.4. The molecule has 0 bridgehead atoms. The summed E-state index contributed by atoms with van der Waals surface area (Å²) in [6, 6.07) is -0.290. The van der Waals surface area contributed by atoms with E-state index >= 15 is 0 Å². The molecule has 9 heteroatoms. The number of rotatable bonds is 5. The first-order valence-electron chi connectivity index (χ1n) is 8.26. The lowest BCUT2D eigenvalue weighted by atomic mass is 9.90. The van der Waals surface area contributed by atoms with Crippen LogP contribution in [0.3, 0.4) is 0 Å². The number of amides is 2. The van der Waals surface area contributed by atoms with Crippen LogP contribution in [-0.2, 0) is 24.2 Å². The van der Waals surface area contributed by atoms with E-state index in [1.165, 1.54) is 17.7 Å². The topological polar surface area (TPSA) is 96.0 Å². The van der Waals surface area contributed by atoms with Gasteiger partial charge in [-0.1, -0.05) is 0 Å². The number of sulfone groups is 1. The van der Waals surface area contributed by atoms with Gasteiger partial charge in [0.2, 0.25) is 11.8 Å². The average Bonchev–Trinajstić information content (AvgIpc) is 3.26. The highest BCUT2D eigenvalue weighted by molar-refractivity contribution is 7.91. The molecule has 24 heavy (non-hydrogen) atoms. The highest BCUT2D eigenvalue weighted by atomic mass is 32.2. The second kappa shape index (κ2) is 6.27. The molecule has 0 unspecified atom stereocenters. The summed E-state index contributed by atoms with van der Waals surface area (Å²) in [6.07, 6.45) is 3.45. The summed E-state index contributed by atoms with van der Waals surface area (Å²) in [7, 11) is -1.70. The molecule has 3 rings (SSSR count). The number of carbonyl (C=O) groups is 2. The van der Waals surface area contributed by atoms with Crippen LogP contribution >= 0.6 is 0 Å². The highest BCUT2D eigenvalue weighted by Gasteiger charge is 2.52. The second-order valence-corrected chi connectivity index (χ2v) is 9.46. The van der Waals surface area contributed by atoms with Crippen molar-refractivity contribution >= 4 is 21.7 Å². The molecular formula is C15H25N3O5S. The number of carbonyl (C=O) groups excluding carboxylic acids is 2. The molecule has 136 valence electrons. The smallest absolute Gasteiger partial charge is 0.239 e. The maximum absolute atomic E-state index is 12.1. The lowest BCUT2D eigenvalue weighted by Crippen LogP contribution is -2.74. The number of hydrogen-bond donors (Lipinski definition) is 1. The minimum atomic E-state index is -3.32. The van der Waals surface area contributed by atoms with Crippen LogP contribution in [0.15, 0.2) is 0 Å². The highest BCUT2D eigenvalue weighted by Crippen LogP contribution is 2.35. The average molecular weight is 359 g/mol. The van der Waals surface area contributed by atoms with Crippen molar-refractivity contribution in [2.75, 3.05) is 51.8 Å². The van der Waals surface area contributed by atoms with Gasteiger partial charge in [-0.25, -0.2) is 8.42 Å². The van der Waals surface area contributed by atoms with E-state index in [1.54, 1.807) is 7.05 Å². The van der Waals surface area contributed by atoms with Gasteiger partial charge in [-0.05, 0) is 18.8 Å². The fraction of sp³-hybridized carbons (Fsp3) is 0.867. The second-order valence-electron chi connectivity index (χ2n) is 7.32. The van der Waals surface area contributed by atoms with E-state index in [-0.39, 0.29) is 17.9 Å². The van der Waals surface area contributed by atoms with Crippen LogP contribution < -0.4 is 5.32 Å². The lowest BCUT2D eigenvalue weighted by Gasteiger charge is -2.55. The van der Waals surface area contributed by atoms with Crippen LogP contribution in [-0.4, -0.2) is 93.5 Å². The summed E-state index contributed by atoms with van der Waals surface area (Å²) in [5.74, 6) is -0.241. The Morgan fingerprint density at radius 1 is 1.25 bits per heavy atom. The number of likely N-dealkylation sites (tertiary alicyclic amines) is 1. The fourth-order valence-corrected chi connectivity index (χ4v) is 4.08. The molecule has 2 aliphatic heterocycles. The Kier molecular flexibility index (Phi) is 4.61. The maximum atomic E-state index is 12.1. The SMILES string of the molecule is CNC(=O)[C@@H]1COC2(CN(C(=O)CS(C)(=O)=O)C2)CN1CC1CC1. The molecule has 0 aromatic rings. The van der Waals surface area contributed by atoms with Crippen LogP contribution in [0.1, 0.15) is 12.8 Å². The molecule has 0 aromatic carbocycles. The van der Waals surface area contributed by atoms with Crippen molar-refractivity contribution in [1.82, 2.24) is 15.1 Å². The molecule has 3 fully saturated rings. The zero-order chi connectivity index (χ0) is 17.5. The number of morpholine rings is 1. The predicted octanol–water partition coefficient (Wildman–Crippen LogP) is -1.53. The van der Waals surface area contributed by atoms with Gasteiger partial charge in [0.1, 0.15) is 17.4 Å². The first-order chi connectivity index (χ1) is 11.2. The van der Waals surface area contributed by atoms with E-state index < -0.39 is 21.2 Å². The number of nitrogens with one attached hydrogen (secondary N) is 1. The van der Waals surface area contributed by atoms with Crippen molar-refractivity contribution in [2.45, 2.75) is 24.5 Å². The van der Waals surface area contributed by atoms with Gasteiger partial charge in [-0.15, -0.1) is 0 Å². The molecular weight excluding hydrogens is 334 g/mol. The van der Waals surface area contributed by atoms with Crippen molar-refractivity contribution in [3.8, 4) is 0 Å². The number of nitrogens with zero attached hydrogens (tertiary/aromatic N) is 2. The van der Waals surface area contributed by atoms with Gasteiger partial charge in [0.15, 0.2) is 9.84 Å². The number of ether oxygens (including phenoxy) is 1. The van der Waals surface area contributed by atoms with E-state index in [0.717, 1.165) is 12.8 Å². The Morgan fingerprint density at radius 2 is 1.92 bits per heavy atom. The first kappa shape index (κ1) is 17.6. The largest absolute Gasteiger partial charge is 0.368 e. The van der Waals surface area contributed by atoms with E-state index in [4.69, 9.17) is 4.74 Å². The van der Waals surface area contributed by atoms with Crippen LogP contribution in [0.2, 0.25) is 0 Å². The zero-order valence-electron chi connectivity index (χ0n) is 14.2. The van der Waals surface area contributed by atoms with E-state index in [0.29, 0.717) is 32.2 Å². The van der Waals surface area contributed by atoms with Gasteiger partial charge in [-0.3, -0.25) is 14.5 Å². The van der Waals surface area contributed by atoms with Crippen LogP contribution in [0.5, 0.6) is 0 Å². The summed E-state index contributed by atoms with van der Waals surface area (Å²) in [5.41, 5.74) is -0.466. The van der Waals surface area contributed by atoms with Crippen LogP contribution in [0, 0.1) is 5.92 Å². The predicted molar refractivity (Wildman–Crippen MR) is 87.1 cm³/mol. The first-order valence-corrected chi connectivity index (χ1v) is 10.3. The van der Waals surface area contributed by atoms with Gasteiger partial charge >= 0.3 is 0 Å². The third-order valence-corrected chi connectivity index (χ3v) is 5.69. The summed E-state index contributed by atoms with van der Waals surface area (Å²) in [4.78, 5) is 27.7. The Hall–Kier alpha value is -1.19. The van der Waals surface area contributed by atoms with Gasteiger partial charge < -0.3 is 15.0 Å². The van der Waals surface area contributed by atoms with Crippen molar-refractivity contribution in [2.24, 2.45) is 5.92 Å². The van der Waals surface area contributed by atoms with Gasteiger partial charge in [0, 0.05) is 26.4 Å². The molecule has 0 aromatic heterocycles. The molecule has 2 amide bonds. The number of hydrogen-bond acceptors (Lipinski definition) is 6. The van der Waals surface area contributed by atoms with Gasteiger partial charge in [0.05, 0.1) is 19.7 Å². The number of likely N-dealkylation sites (N-methyl/N-ethyl adjacent to an activating group) is 1. The molecule has 8 nitrogen and oxygen atoms in total. The quantitative estimate of drug-likeness (QED) is 0.640. The van der Waals surface area contributed by atoms with Crippen molar-refractivity contribution < 1.29 is 22.7 Å². The Bertz CT molecular complexity index is 625. The fourth-order valence-electron chi connectivity index (χ4n) is 3.45. The van der Waals surface area contributed by atoms with Crippen LogP contribution in [0.4, 0.5) is 0 Å². The minimum absolute atomic E-state index is 0.0465. The summed E-state index contributed by atoms with van der Waals surface area (Å²) in [6.45, 7) is 2.57. The molecule has 1 saturated carbocycles. The molecule has 1 atom stereocenters. The Morgan fingerprint density at radius 3 is 2.46 bits per heavy atom. The van der Waals surface area contributed by atoms with Crippen molar-refractivity contribution in [1.29, 1.82) is 0 Å². The minimum Gasteiger partial charge on any atom is -0.368 e. The third-order valence-electron chi connectivity index (χ3n) is 4.91. The van der Waals surface area contributed by atoms with E-state index in [1.807, 2.05) is 0 Å². The summed E-state index contributed by atoms with van der Waals surface area (Å²) >= 11 is 0. The molecule has 3 aliphatic rings. The van der Waals surface area contributed by atoms with Crippen molar-refractivity contribution in [3.05, 3.63) is 0 Å². The molecule has 1 spiro atoms. The Labute approximate surface area is 142 Å². The lowest BCUT2D eigenvalue weighted by molar-refractivity contribution is -0.203. The maximum Gasteiger partial charge on any atom is 0.239 e. The van der Waals surface area contributed by atoms with Gasteiger partial charge in [-0.2, -0.15) is 0 Å². The molecule has 1 aliphatic carbocycles. The van der Waals surface area contributed by atoms with Gasteiger partial charge in [0.25, 0.3) is 0 Å². The summed E-state index contributed by atoms with van der Waals surface area (Å²) in [5, 5.41) is 2.68. The monoisotopic (exact) mass is 359 g/mol. The normalized spacial score (nSPS) is 26.9.